The minimum absolute atomic E-state index is 0.248. The SMILES string of the molecule is CN1CCC(Cc2nc3cccnc3n2-c2ccccc2F)C1. The highest BCUT2D eigenvalue weighted by molar-refractivity contribution is 5.73. The van der Waals surface area contributed by atoms with Crippen molar-refractivity contribution in [1.29, 1.82) is 0 Å². The highest BCUT2D eigenvalue weighted by Crippen LogP contribution is 2.26. The first-order valence-corrected chi connectivity index (χ1v) is 7.98. The van der Waals surface area contributed by atoms with Crippen molar-refractivity contribution in [3.05, 3.63) is 54.2 Å². The van der Waals surface area contributed by atoms with Crippen LogP contribution in [-0.4, -0.2) is 39.6 Å². The summed E-state index contributed by atoms with van der Waals surface area (Å²) in [5.41, 5.74) is 2.06. The first-order valence-electron chi connectivity index (χ1n) is 7.98. The maximum absolute atomic E-state index is 14.4. The van der Waals surface area contributed by atoms with E-state index in [0.29, 0.717) is 11.6 Å². The van der Waals surface area contributed by atoms with Gasteiger partial charge in [0.2, 0.25) is 0 Å². The Bertz CT molecular complexity index is 842. The maximum Gasteiger partial charge on any atom is 0.164 e. The van der Waals surface area contributed by atoms with Crippen LogP contribution in [0.15, 0.2) is 42.6 Å². The van der Waals surface area contributed by atoms with Crippen LogP contribution in [0.1, 0.15) is 12.2 Å². The Morgan fingerprint density at radius 3 is 2.87 bits per heavy atom. The quantitative estimate of drug-likeness (QED) is 0.745. The first kappa shape index (κ1) is 14.3. The number of likely N-dealkylation sites (tertiary alicyclic amines) is 1. The molecule has 0 N–H and O–H groups in total. The predicted molar refractivity (Wildman–Crippen MR) is 88.1 cm³/mol. The fourth-order valence-corrected chi connectivity index (χ4v) is 3.43. The molecule has 0 radical (unpaired) electrons. The molecule has 3 heterocycles. The zero-order valence-corrected chi connectivity index (χ0v) is 13.1. The van der Waals surface area contributed by atoms with Crippen LogP contribution in [-0.2, 0) is 6.42 Å². The van der Waals surface area contributed by atoms with Crippen LogP contribution in [0, 0.1) is 11.7 Å². The van der Waals surface area contributed by atoms with Gasteiger partial charge in [0.25, 0.3) is 0 Å². The monoisotopic (exact) mass is 310 g/mol. The summed E-state index contributed by atoms with van der Waals surface area (Å²) in [7, 11) is 2.14. The first-order chi connectivity index (χ1) is 11.2. The minimum atomic E-state index is -0.248. The molecule has 4 nitrogen and oxygen atoms in total. The number of nitrogens with zero attached hydrogens (tertiary/aromatic N) is 4. The lowest BCUT2D eigenvalue weighted by molar-refractivity contribution is 0.392. The normalized spacial score (nSPS) is 18.8. The van der Waals surface area contributed by atoms with Crippen molar-refractivity contribution in [2.24, 2.45) is 5.92 Å². The fourth-order valence-electron chi connectivity index (χ4n) is 3.43. The van der Waals surface area contributed by atoms with Gasteiger partial charge < -0.3 is 4.90 Å². The minimum Gasteiger partial charge on any atom is -0.306 e. The third-order valence-electron chi connectivity index (χ3n) is 4.54. The molecule has 0 amide bonds. The summed E-state index contributed by atoms with van der Waals surface area (Å²) in [6.45, 7) is 2.18. The van der Waals surface area contributed by atoms with Gasteiger partial charge in [0.05, 0.1) is 5.69 Å². The van der Waals surface area contributed by atoms with E-state index >= 15 is 0 Å². The topological polar surface area (TPSA) is 34.0 Å². The molecular formula is C18H19FN4. The van der Waals surface area contributed by atoms with Gasteiger partial charge in [0.15, 0.2) is 5.65 Å². The number of imidazole rings is 1. The van der Waals surface area contributed by atoms with Crippen LogP contribution in [0.25, 0.3) is 16.9 Å². The van der Waals surface area contributed by atoms with E-state index in [1.54, 1.807) is 18.3 Å². The van der Waals surface area contributed by atoms with E-state index < -0.39 is 0 Å². The zero-order valence-electron chi connectivity index (χ0n) is 13.1. The van der Waals surface area contributed by atoms with Gasteiger partial charge in [0.1, 0.15) is 17.2 Å². The molecular weight excluding hydrogens is 291 g/mol. The number of hydrogen-bond acceptors (Lipinski definition) is 3. The largest absolute Gasteiger partial charge is 0.306 e. The smallest absolute Gasteiger partial charge is 0.164 e. The van der Waals surface area contributed by atoms with Crippen molar-refractivity contribution in [2.75, 3.05) is 20.1 Å². The number of para-hydroxylation sites is 1. The van der Waals surface area contributed by atoms with Gasteiger partial charge in [-0.2, -0.15) is 0 Å². The highest BCUT2D eigenvalue weighted by atomic mass is 19.1. The second-order valence-electron chi connectivity index (χ2n) is 6.28. The van der Waals surface area contributed by atoms with E-state index in [0.717, 1.165) is 42.9 Å². The molecule has 1 aromatic carbocycles. The summed E-state index contributed by atoms with van der Waals surface area (Å²) in [5, 5.41) is 0. The summed E-state index contributed by atoms with van der Waals surface area (Å²) in [6, 6.07) is 10.6. The molecule has 1 atom stereocenters. The van der Waals surface area contributed by atoms with Gasteiger partial charge in [-0.15, -0.1) is 0 Å². The molecule has 1 aliphatic rings. The Labute approximate surface area is 134 Å². The van der Waals surface area contributed by atoms with Crippen molar-refractivity contribution < 1.29 is 4.39 Å². The Hall–Kier alpha value is -2.27. The highest BCUT2D eigenvalue weighted by Gasteiger charge is 2.24. The Balaban J connectivity index is 1.83. The third-order valence-corrected chi connectivity index (χ3v) is 4.54. The van der Waals surface area contributed by atoms with Crippen LogP contribution < -0.4 is 0 Å². The standard InChI is InChI=1S/C18H19FN4/c1-22-10-8-13(12-22)11-17-21-15-6-4-9-20-18(15)23(17)16-7-3-2-5-14(16)19/h2-7,9,13H,8,10-12H2,1H3. The molecule has 0 spiro atoms. The fraction of sp³-hybridized carbons (Fsp3) is 0.333. The van der Waals surface area contributed by atoms with Gasteiger partial charge in [-0.3, -0.25) is 4.57 Å². The van der Waals surface area contributed by atoms with Gasteiger partial charge >= 0.3 is 0 Å². The lowest BCUT2D eigenvalue weighted by atomic mass is 10.0. The second-order valence-corrected chi connectivity index (χ2v) is 6.28. The van der Waals surface area contributed by atoms with E-state index in [1.165, 1.54) is 6.07 Å². The summed E-state index contributed by atoms with van der Waals surface area (Å²) in [6.07, 6.45) is 3.73. The average molecular weight is 310 g/mol. The average Bonchev–Trinajstić information content (AvgIpc) is 3.11. The summed E-state index contributed by atoms with van der Waals surface area (Å²) >= 11 is 0. The molecule has 0 bridgehead atoms. The molecule has 118 valence electrons. The Kier molecular flexibility index (Phi) is 3.58. The van der Waals surface area contributed by atoms with Crippen LogP contribution in [0.5, 0.6) is 0 Å². The lowest BCUT2D eigenvalue weighted by Gasteiger charge is -2.13. The van der Waals surface area contributed by atoms with Gasteiger partial charge in [-0.25, -0.2) is 14.4 Å². The molecule has 0 aliphatic carbocycles. The zero-order chi connectivity index (χ0) is 15.8. The van der Waals surface area contributed by atoms with Crippen molar-refractivity contribution in [1.82, 2.24) is 19.4 Å². The van der Waals surface area contributed by atoms with Crippen molar-refractivity contribution in [3.8, 4) is 5.69 Å². The van der Waals surface area contributed by atoms with Crippen molar-refractivity contribution >= 4 is 11.2 Å². The van der Waals surface area contributed by atoms with Gasteiger partial charge in [0, 0.05) is 19.2 Å². The molecule has 1 aliphatic heterocycles. The van der Waals surface area contributed by atoms with Gasteiger partial charge in [-0.05, 0) is 50.2 Å². The summed E-state index contributed by atoms with van der Waals surface area (Å²) < 4.78 is 16.2. The number of halogens is 1. The van der Waals surface area contributed by atoms with E-state index in [-0.39, 0.29) is 5.82 Å². The van der Waals surface area contributed by atoms with Crippen molar-refractivity contribution in [3.63, 3.8) is 0 Å². The predicted octanol–water partition coefficient (Wildman–Crippen LogP) is 3.05. The maximum atomic E-state index is 14.4. The third kappa shape index (κ3) is 2.61. The van der Waals surface area contributed by atoms with Crippen LogP contribution in [0.4, 0.5) is 4.39 Å². The number of aromatic nitrogens is 3. The summed E-state index contributed by atoms with van der Waals surface area (Å²) in [4.78, 5) is 11.5. The Morgan fingerprint density at radius 1 is 1.22 bits per heavy atom. The van der Waals surface area contributed by atoms with Gasteiger partial charge in [-0.1, -0.05) is 12.1 Å². The molecule has 1 saturated heterocycles. The molecule has 2 aromatic heterocycles. The molecule has 5 heteroatoms. The van der Waals surface area contributed by atoms with Crippen LogP contribution >= 0.6 is 0 Å². The van der Waals surface area contributed by atoms with E-state index in [4.69, 9.17) is 4.98 Å². The van der Waals surface area contributed by atoms with Crippen LogP contribution in [0.3, 0.4) is 0 Å². The molecule has 3 aromatic rings. The Morgan fingerprint density at radius 2 is 2.09 bits per heavy atom. The molecule has 1 unspecified atom stereocenters. The van der Waals surface area contributed by atoms with E-state index in [1.807, 2.05) is 22.8 Å². The second kappa shape index (κ2) is 5.74. The van der Waals surface area contributed by atoms with Crippen LogP contribution in [0.2, 0.25) is 0 Å². The number of benzene rings is 1. The molecule has 1 fully saturated rings. The number of hydrogen-bond donors (Lipinski definition) is 0. The van der Waals surface area contributed by atoms with E-state index in [9.17, 15) is 4.39 Å². The van der Waals surface area contributed by atoms with Crippen molar-refractivity contribution in [2.45, 2.75) is 12.8 Å². The molecule has 0 saturated carbocycles. The van der Waals surface area contributed by atoms with E-state index in [2.05, 4.69) is 16.9 Å². The summed E-state index contributed by atoms with van der Waals surface area (Å²) in [5.74, 6) is 1.20. The number of pyridine rings is 1. The number of rotatable bonds is 3. The molecule has 4 rings (SSSR count). The number of fused-ring (bicyclic) bond motifs is 1. The molecule has 23 heavy (non-hydrogen) atoms. The lowest BCUT2D eigenvalue weighted by Crippen LogP contribution is -2.16.